The molecule has 92 valence electrons. The summed E-state index contributed by atoms with van der Waals surface area (Å²) in [5.74, 6) is -0.902. The van der Waals surface area contributed by atoms with Crippen molar-refractivity contribution in [1.82, 2.24) is 0 Å². The number of nitrogens with zero attached hydrogens (tertiary/aromatic N) is 1. The molecule has 0 radical (unpaired) electrons. The van der Waals surface area contributed by atoms with E-state index >= 15 is 0 Å². The minimum Gasteiger partial charge on any atom is -0.292 e. The van der Waals surface area contributed by atoms with E-state index in [4.69, 9.17) is 11.6 Å². The van der Waals surface area contributed by atoms with E-state index < -0.39 is 21.1 Å². The van der Waals surface area contributed by atoms with Crippen LogP contribution in [0.4, 0.5) is 0 Å². The summed E-state index contributed by atoms with van der Waals surface area (Å²) in [5, 5.41) is 2.52. The molecule has 0 aromatic heterocycles. The Morgan fingerprint density at radius 2 is 1.94 bits per heavy atom. The maximum Gasteiger partial charge on any atom is 0.332 e. The van der Waals surface area contributed by atoms with Crippen molar-refractivity contribution >= 4 is 32.7 Å². The zero-order valence-electron chi connectivity index (χ0n) is 8.96. The monoisotopic (exact) mass is 275 g/mol. The van der Waals surface area contributed by atoms with Gasteiger partial charge in [0.05, 0.1) is 0 Å². The highest BCUT2D eigenvalue weighted by Gasteiger charge is 2.14. The van der Waals surface area contributed by atoms with Crippen molar-refractivity contribution in [2.75, 3.05) is 0 Å². The van der Waals surface area contributed by atoms with Crippen molar-refractivity contribution in [3.05, 3.63) is 35.9 Å². The maximum atomic E-state index is 11.4. The zero-order valence-corrected chi connectivity index (χ0v) is 10.5. The van der Waals surface area contributed by atoms with Gasteiger partial charge in [0.25, 0.3) is 0 Å². The summed E-state index contributed by atoms with van der Waals surface area (Å²) in [4.78, 5) is 10.7. The second-order valence-corrected chi connectivity index (χ2v) is 5.11. The van der Waals surface area contributed by atoms with Crippen molar-refractivity contribution < 1.29 is 17.5 Å². The number of halogens is 1. The highest BCUT2D eigenvalue weighted by molar-refractivity contribution is 7.85. The van der Waals surface area contributed by atoms with Crippen molar-refractivity contribution in [2.45, 2.75) is 12.7 Å². The Bertz CT molecular complexity index is 524. The van der Waals surface area contributed by atoms with Crippen LogP contribution < -0.4 is 0 Å². The number of hydrogen-bond acceptors (Lipinski definition) is 5. The highest BCUT2D eigenvalue weighted by atomic mass is 35.5. The van der Waals surface area contributed by atoms with Crippen LogP contribution in [0.15, 0.2) is 35.5 Å². The van der Waals surface area contributed by atoms with Gasteiger partial charge in [-0.05, 0) is 10.7 Å². The molecule has 0 N–H and O–H groups in total. The molecule has 0 aliphatic heterocycles. The van der Waals surface area contributed by atoms with E-state index in [1.54, 1.807) is 30.3 Å². The molecule has 1 aromatic rings. The van der Waals surface area contributed by atoms with E-state index in [1.807, 2.05) is 0 Å². The number of benzene rings is 1. The molecule has 7 heteroatoms. The number of ketones is 1. The van der Waals surface area contributed by atoms with Crippen molar-refractivity contribution in [3.8, 4) is 0 Å². The van der Waals surface area contributed by atoms with Gasteiger partial charge in [-0.15, -0.1) is 0 Å². The fourth-order valence-electron chi connectivity index (χ4n) is 0.958. The Kier molecular flexibility index (Phi) is 4.65. The molecule has 0 heterocycles. The number of carbonyl (C=O) groups is 1. The molecule has 0 fully saturated rings. The van der Waals surface area contributed by atoms with Crippen LogP contribution in [0.3, 0.4) is 0 Å². The van der Waals surface area contributed by atoms with Gasteiger partial charge >= 0.3 is 10.1 Å². The predicted octanol–water partition coefficient (Wildman–Crippen LogP) is 1.67. The summed E-state index contributed by atoms with van der Waals surface area (Å²) >= 11 is 5.34. The molecule has 17 heavy (non-hydrogen) atoms. The third-order valence-corrected chi connectivity index (χ3v) is 3.03. The van der Waals surface area contributed by atoms with Crippen molar-refractivity contribution in [1.29, 1.82) is 0 Å². The number of hydrogen-bond donors (Lipinski definition) is 0. The van der Waals surface area contributed by atoms with Crippen LogP contribution in [-0.4, -0.2) is 19.4 Å². The standard InChI is InChI=1S/C10H10ClNO4S/c1-8(13)10(11)12-16-17(14,15)7-9-5-3-2-4-6-9/h2-6H,7H2,1H3/b12-10-. The summed E-state index contributed by atoms with van der Waals surface area (Å²) in [6, 6.07) is 8.45. The van der Waals surface area contributed by atoms with Crippen LogP contribution in [0.5, 0.6) is 0 Å². The Morgan fingerprint density at radius 3 is 2.47 bits per heavy atom. The average molecular weight is 276 g/mol. The molecule has 5 nitrogen and oxygen atoms in total. The van der Waals surface area contributed by atoms with Gasteiger partial charge in [0.1, 0.15) is 5.75 Å². The van der Waals surface area contributed by atoms with Gasteiger partial charge < -0.3 is 0 Å². The maximum absolute atomic E-state index is 11.4. The predicted molar refractivity (Wildman–Crippen MR) is 64.1 cm³/mol. The molecule has 0 unspecified atom stereocenters. The van der Waals surface area contributed by atoms with Crippen molar-refractivity contribution in [3.63, 3.8) is 0 Å². The second-order valence-electron chi connectivity index (χ2n) is 3.20. The summed E-state index contributed by atoms with van der Waals surface area (Å²) in [7, 11) is -3.89. The summed E-state index contributed by atoms with van der Waals surface area (Å²) in [5.41, 5.74) is 0.557. The van der Waals surface area contributed by atoms with Crippen LogP contribution in [-0.2, 0) is 24.9 Å². The van der Waals surface area contributed by atoms with Gasteiger partial charge in [0, 0.05) is 6.92 Å². The quantitative estimate of drug-likeness (QED) is 0.605. The Labute approximate surface area is 104 Å². The van der Waals surface area contributed by atoms with Crippen LogP contribution in [0, 0.1) is 0 Å². The lowest BCUT2D eigenvalue weighted by Crippen LogP contribution is -2.09. The summed E-state index contributed by atoms with van der Waals surface area (Å²) in [6.07, 6.45) is 0. The average Bonchev–Trinajstić information content (AvgIpc) is 2.26. The first-order valence-electron chi connectivity index (χ1n) is 4.60. The summed E-state index contributed by atoms with van der Waals surface area (Å²) in [6.45, 7) is 1.15. The number of Topliss-reactive ketones (excluding diaryl/α,β-unsaturated/α-hetero) is 1. The SMILES string of the molecule is CC(=O)/C(Cl)=N/OS(=O)(=O)Cc1ccccc1. The van der Waals surface area contributed by atoms with Crippen LogP contribution in [0.1, 0.15) is 12.5 Å². The second kappa shape index (κ2) is 5.79. The van der Waals surface area contributed by atoms with Crippen molar-refractivity contribution in [2.24, 2.45) is 5.16 Å². The smallest absolute Gasteiger partial charge is 0.292 e. The Hall–Kier alpha value is -1.40. The topological polar surface area (TPSA) is 72.8 Å². The fraction of sp³-hybridized carbons (Fsp3) is 0.200. The molecule has 0 saturated carbocycles. The first-order chi connectivity index (χ1) is 7.91. The first kappa shape index (κ1) is 13.7. The molecular formula is C10H10ClNO4S. The minimum atomic E-state index is -3.89. The van der Waals surface area contributed by atoms with E-state index in [0.717, 1.165) is 6.92 Å². The minimum absolute atomic E-state index is 0.334. The molecule has 1 aromatic carbocycles. The zero-order chi connectivity index (χ0) is 12.9. The molecule has 0 aliphatic carbocycles. The van der Waals surface area contributed by atoms with E-state index in [-0.39, 0.29) is 5.75 Å². The lowest BCUT2D eigenvalue weighted by atomic mass is 10.2. The lowest BCUT2D eigenvalue weighted by molar-refractivity contribution is -0.110. The normalized spacial score (nSPS) is 12.2. The van der Waals surface area contributed by atoms with Gasteiger partial charge in [0.2, 0.25) is 5.17 Å². The third kappa shape index (κ3) is 4.97. The van der Waals surface area contributed by atoms with E-state index in [1.165, 1.54) is 0 Å². The Balaban J connectivity index is 2.71. The van der Waals surface area contributed by atoms with Gasteiger partial charge in [-0.25, -0.2) is 0 Å². The molecule has 0 atom stereocenters. The number of carbonyl (C=O) groups excluding carboxylic acids is 1. The van der Waals surface area contributed by atoms with Gasteiger partial charge in [-0.2, -0.15) is 8.42 Å². The van der Waals surface area contributed by atoms with E-state index in [9.17, 15) is 13.2 Å². The largest absolute Gasteiger partial charge is 0.332 e. The van der Waals surface area contributed by atoms with Crippen LogP contribution >= 0.6 is 11.6 Å². The molecule has 1 rings (SSSR count). The van der Waals surface area contributed by atoms with Gasteiger partial charge in [-0.3, -0.25) is 9.08 Å². The highest BCUT2D eigenvalue weighted by Crippen LogP contribution is 2.08. The lowest BCUT2D eigenvalue weighted by Gasteiger charge is -2.01. The molecular weight excluding hydrogens is 266 g/mol. The molecule has 0 spiro atoms. The van der Waals surface area contributed by atoms with E-state index in [2.05, 4.69) is 9.44 Å². The van der Waals surface area contributed by atoms with Gasteiger partial charge in [-0.1, -0.05) is 41.9 Å². The summed E-state index contributed by atoms with van der Waals surface area (Å²) < 4.78 is 27.1. The van der Waals surface area contributed by atoms with Gasteiger partial charge in [0.15, 0.2) is 5.78 Å². The molecule has 0 bridgehead atoms. The number of oxime groups is 1. The molecule has 0 saturated heterocycles. The first-order valence-corrected chi connectivity index (χ1v) is 6.56. The fourth-order valence-corrected chi connectivity index (χ4v) is 1.88. The third-order valence-electron chi connectivity index (χ3n) is 1.71. The Morgan fingerprint density at radius 1 is 1.35 bits per heavy atom. The van der Waals surface area contributed by atoms with Crippen LogP contribution in [0.25, 0.3) is 0 Å². The molecule has 0 amide bonds. The molecule has 0 aliphatic rings. The van der Waals surface area contributed by atoms with E-state index in [0.29, 0.717) is 5.56 Å². The number of rotatable bonds is 5. The van der Waals surface area contributed by atoms with Crippen LogP contribution in [0.2, 0.25) is 0 Å².